The molecule has 1 saturated heterocycles. The Morgan fingerprint density at radius 1 is 1.38 bits per heavy atom. The number of nitrogens with zero attached hydrogens (tertiary/aromatic N) is 1. The van der Waals surface area contributed by atoms with Crippen LogP contribution in [0.25, 0.3) is 0 Å². The summed E-state index contributed by atoms with van der Waals surface area (Å²) in [4.78, 5) is 4.25. The van der Waals surface area contributed by atoms with Gasteiger partial charge in [0.05, 0.1) is 7.17 Å². The summed E-state index contributed by atoms with van der Waals surface area (Å²) >= 11 is 0. The molecule has 0 amide bonds. The minimum absolute atomic E-state index is 0. The molecule has 1 aliphatic heterocycles. The summed E-state index contributed by atoms with van der Waals surface area (Å²) in [5, 5.41) is 0. The molecule has 0 aromatic rings. The summed E-state index contributed by atoms with van der Waals surface area (Å²) in [5.74, 6) is 0. The smallest absolute Gasteiger partial charge is 0.0572 e. The molecule has 0 aromatic carbocycles. The molecule has 0 bridgehead atoms. The number of allylic oxidation sites excluding steroid dienone is 2. The van der Waals surface area contributed by atoms with E-state index in [-0.39, 0.29) is 21.1 Å². The van der Waals surface area contributed by atoms with Crippen molar-refractivity contribution >= 4 is 27.1 Å². The van der Waals surface area contributed by atoms with Crippen LogP contribution >= 0.6 is 0 Å². The standard InChI is InChI=1S/C8H12B3N.W/c1-3-4-7-5-9-11-10-6-8(7)12-2;/h3,5-6H2,1-2H3;/q-1;. The Bertz CT molecular complexity index is 204. The molecule has 0 saturated carbocycles. The Morgan fingerprint density at radius 3 is 2.69 bits per heavy atom. The Morgan fingerprint density at radius 2 is 2.08 bits per heavy atom. The van der Waals surface area contributed by atoms with Crippen LogP contribution in [0.4, 0.5) is 0 Å². The van der Waals surface area contributed by atoms with Crippen LogP contribution in [0.2, 0.25) is 12.6 Å². The predicted octanol–water partition coefficient (Wildman–Crippen LogP) is 0.987. The Labute approximate surface area is 97.8 Å². The van der Waals surface area contributed by atoms with Crippen LogP contribution in [0.5, 0.6) is 0 Å². The second-order valence-corrected chi connectivity index (χ2v) is 2.75. The van der Waals surface area contributed by atoms with Crippen molar-refractivity contribution in [3.8, 4) is 0 Å². The summed E-state index contributed by atoms with van der Waals surface area (Å²) in [5.41, 5.74) is 2.45. The summed E-state index contributed by atoms with van der Waals surface area (Å²) in [6.45, 7) is 2.11. The van der Waals surface area contributed by atoms with E-state index in [0.29, 0.717) is 0 Å². The van der Waals surface area contributed by atoms with E-state index in [9.17, 15) is 0 Å². The first-order valence-corrected chi connectivity index (χ1v) is 4.42. The van der Waals surface area contributed by atoms with E-state index in [1.807, 2.05) is 7.05 Å². The quantitative estimate of drug-likeness (QED) is 0.499. The maximum atomic E-state index is 4.25. The van der Waals surface area contributed by atoms with E-state index < -0.39 is 0 Å². The fourth-order valence-corrected chi connectivity index (χ4v) is 1.32. The molecule has 0 atom stereocenters. The number of aliphatic imine (C=N–C) groups is 1. The Kier molecular flexibility index (Phi) is 7.85. The van der Waals surface area contributed by atoms with Crippen molar-refractivity contribution in [3.05, 3.63) is 11.6 Å². The maximum absolute atomic E-state index is 4.25. The molecule has 1 rings (SSSR count). The van der Waals surface area contributed by atoms with Gasteiger partial charge in [-0.3, -0.25) is 6.08 Å². The molecule has 0 aliphatic carbocycles. The van der Waals surface area contributed by atoms with Crippen molar-refractivity contribution < 1.29 is 21.1 Å². The summed E-state index contributed by atoms with van der Waals surface area (Å²) in [7, 11) is 8.27. The molecule has 0 spiro atoms. The van der Waals surface area contributed by atoms with Crippen molar-refractivity contribution in [2.24, 2.45) is 4.99 Å². The number of hydrogen-bond acceptors (Lipinski definition) is 1. The molecule has 1 heterocycles. The van der Waals surface area contributed by atoms with Gasteiger partial charge in [0.1, 0.15) is 0 Å². The van der Waals surface area contributed by atoms with E-state index in [0.717, 1.165) is 19.1 Å². The topological polar surface area (TPSA) is 12.4 Å². The third kappa shape index (κ3) is 4.36. The van der Waals surface area contributed by atoms with Gasteiger partial charge in [-0.1, -0.05) is 13.2 Å². The second-order valence-electron chi connectivity index (χ2n) is 2.75. The molecule has 0 N–H and O–H groups in total. The molecular weight excluding hydrogens is 326 g/mol. The number of hydrogen-bond donors (Lipinski definition) is 0. The van der Waals surface area contributed by atoms with E-state index in [1.165, 1.54) is 11.3 Å². The van der Waals surface area contributed by atoms with Crippen LogP contribution < -0.4 is 0 Å². The van der Waals surface area contributed by atoms with Crippen molar-refractivity contribution in [2.75, 3.05) is 7.05 Å². The average Bonchev–Trinajstić information content (AvgIpc) is 2.30. The minimum atomic E-state index is 0. The van der Waals surface area contributed by atoms with E-state index in [2.05, 4.69) is 39.4 Å². The van der Waals surface area contributed by atoms with Crippen molar-refractivity contribution in [2.45, 2.75) is 26.0 Å². The third-order valence-corrected chi connectivity index (χ3v) is 1.91. The van der Waals surface area contributed by atoms with Crippen molar-refractivity contribution in [3.63, 3.8) is 0 Å². The zero-order chi connectivity index (χ0) is 8.81. The van der Waals surface area contributed by atoms with Gasteiger partial charge < -0.3 is 4.99 Å². The first kappa shape index (κ1) is 13.3. The van der Waals surface area contributed by atoms with Gasteiger partial charge in [-0.05, 0) is 0 Å². The minimum Gasteiger partial charge on any atom is -0.387 e. The molecular formula is C8H12B3NW-. The van der Waals surface area contributed by atoms with Crippen LogP contribution in [-0.2, 0) is 21.1 Å². The molecule has 13 heavy (non-hydrogen) atoms. The van der Waals surface area contributed by atoms with Gasteiger partial charge in [-0.25, -0.2) is 5.57 Å². The van der Waals surface area contributed by atoms with Crippen LogP contribution in [0.15, 0.2) is 10.6 Å². The molecule has 1 aliphatic rings. The normalized spacial score (nSPS) is 22.3. The molecule has 0 aromatic heterocycles. The van der Waals surface area contributed by atoms with Crippen molar-refractivity contribution in [1.82, 2.24) is 0 Å². The molecule has 1 nitrogen and oxygen atoms in total. The van der Waals surface area contributed by atoms with Gasteiger partial charge in [0.2, 0.25) is 0 Å². The molecule has 1 fully saturated rings. The van der Waals surface area contributed by atoms with Gasteiger partial charge in [0.15, 0.2) is 0 Å². The summed E-state index contributed by atoms with van der Waals surface area (Å²) < 4.78 is 0. The van der Waals surface area contributed by atoms with Gasteiger partial charge in [0.25, 0.3) is 0 Å². The summed E-state index contributed by atoms with van der Waals surface area (Å²) in [6, 6.07) is 0. The van der Waals surface area contributed by atoms with Crippen LogP contribution in [0.1, 0.15) is 13.3 Å². The molecule has 5 heteroatoms. The number of rotatable bonds is 1. The molecule has 3 radical (unpaired) electrons. The monoisotopic (exact) mass is 339 g/mol. The van der Waals surface area contributed by atoms with Crippen LogP contribution in [0, 0.1) is 6.08 Å². The van der Waals surface area contributed by atoms with Gasteiger partial charge >= 0.3 is 0 Å². The van der Waals surface area contributed by atoms with Crippen LogP contribution in [0.3, 0.4) is 0 Å². The molecule has 65 valence electrons. The van der Waals surface area contributed by atoms with E-state index in [1.54, 1.807) is 0 Å². The zero-order valence-electron chi connectivity index (χ0n) is 8.21. The van der Waals surface area contributed by atoms with E-state index >= 15 is 0 Å². The van der Waals surface area contributed by atoms with Crippen molar-refractivity contribution in [1.29, 1.82) is 0 Å². The first-order valence-electron chi connectivity index (χ1n) is 4.42. The van der Waals surface area contributed by atoms with Gasteiger partial charge in [-0.2, -0.15) is 0 Å². The van der Waals surface area contributed by atoms with Crippen LogP contribution in [-0.4, -0.2) is 34.2 Å². The zero-order valence-corrected chi connectivity index (χ0v) is 11.1. The average molecular weight is 338 g/mol. The second kappa shape index (κ2) is 7.67. The largest absolute Gasteiger partial charge is 0.387 e. The predicted molar refractivity (Wildman–Crippen MR) is 57.3 cm³/mol. The summed E-state index contributed by atoms with van der Waals surface area (Å²) in [6.07, 6.45) is 6.25. The molecule has 0 unspecified atom stereocenters. The Hall–Kier alpha value is 0.293. The van der Waals surface area contributed by atoms with Gasteiger partial charge in [-0.15, -0.1) is 18.5 Å². The van der Waals surface area contributed by atoms with E-state index in [4.69, 9.17) is 0 Å². The first-order chi connectivity index (χ1) is 5.88. The Balaban J connectivity index is 0.00000144. The van der Waals surface area contributed by atoms with Gasteiger partial charge in [0, 0.05) is 42.3 Å². The fraction of sp³-hybridized carbons (Fsp3) is 0.625. The third-order valence-electron chi connectivity index (χ3n) is 1.91. The maximum Gasteiger partial charge on any atom is 0.0572 e. The SMILES string of the molecule is CC[C-]=C1C[B][B][B]CC1=NC.[W]. The fourth-order valence-electron chi connectivity index (χ4n) is 1.32.